The Kier molecular flexibility index (Phi) is 3.20. The molecule has 1 N–H and O–H groups in total. The normalized spacial score (nSPS) is 11.0. The van der Waals surface area contributed by atoms with Crippen molar-refractivity contribution in [3.8, 4) is 0 Å². The maximum atomic E-state index is 11.9. The van der Waals surface area contributed by atoms with Crippen molar-refractivity contribution in [2.45, 2.75) is 0 Å². The van der Waals surface area contributed by atoms with Gasteiger partial charge in [0, 0.05) is 30.7 Å². The molecule has 0 aliphatic carbocycles. The lowest BCUT2D eigenvalue weighted by Crippen LogP contribution is -2.11. The third kappa shape index (κ3) is 2.54. The Bertz CT molecular complexity index is 763. The molecule has 0 saturated carbocycles. The fraction of sp³-hybridized carbons (Fsp3) is 0. The van der Waals surface area contributed by atoms with Gasteiger partial charge in [-0.25, -0.2) is 4.98 Å². The zero-order valence-electron chi connectivity index (χ0n) is 10.5. The summed E-state index contributed by atoms with van der Waals surface area (Å²) >= 11 is 0. The molecule has 20 heavy (non-hydrogen) atoms. The highest BCUT2D eigenvalue weighted by Gasteiger charge is 2.03. The van der Waals surface area contributed by atoms with Crippen LogP contribution in [0.5, 0.6) is 0 Å². The van der Waals surface area contributed by atoms with Gasteiger partial charge in [0.1, 0.15) is 5.82 Å². The predicted molar refractivity (Wildman–Crippen MR) is 74.9 cm³/mol. The monoisotopic (exact) mass is 265 g/mol. The lowest BCUT2D eigenvalue weighted by molar-refractivity contribution is -0.111. The molecule has 0 saturated heterocycles. The maximum Gasteiger partial charge on any atom is 0.249 e. The summed E-state index contributed by atoms with van der Waals surface area (Å²) in [6.07, 6.45) is 9.79. The van der Waals surface area contributed by atoms with Crippen LogP contribution in [0, 0.1) is 0 Å². The molecule has 98 valence electrons. The number of hydrogen-bond donors (Lipinski definition) is 1. The van der Waals surface area contributed by atoms with E-state index in [4.69, 9.17) is 0 Å². The van der Waals surface area contributed by atoms with Crippen molar-refractivity contribution in [2.24, 2.45) is 0 Å². The molecule has 3 aromatic rings. The Labute approximate surface area is 114 Å². The van der Waals surface area contributed by atoms with E-state index in [0.29, 0.717) is 11.5 Å². The lowest BCUT2D eigenvalue weighted by Gasteiger charge is -2.04. The number of fused-ring (bicyclic) bond motifs is 1. The SMILES string of the molecule is O=C(/C=C\c1ccncc1)Nc1ccnc2ccnn12. The van der Waals surface area contributed by atoms with Gasteiger partial charge in [0.2, 0.25) is 5.91 Å². The van der Waals surface area contributed by atoms with Gasteiger partial charge in [0.25, 0.3) is 0 Å². The Hall–Kier alpha value is -3.02. The highest BCUT2D eigenvalue weighted by molar-refractivity contribution is 6.01. The van der Waals surface area contributed by atoms with Crippen molar-refractivity contribution in [3.63, 3.8) is 0 Å². The first kappa shape index (κ1) is 12.0. The molecule has 6 nitrogen and oxygen atoms in total. The number of amides is 1. The topological polar surface area (TPSA) is 72.2 Å². The average molecular weight is 265 g/mol. The van der Waals surface area contributed by atoms with Crippen LogP contribution in [0.1, 0.15) is 5.56 Å². The van der Waals surface area contributed by atoms with Crippen molar-refractivity contribution in [1.29, 1.82) is 0 Å². The number of carbonyl (C=O) groups is 1. The summed E-state index contributed by atoms with van der Waals surface area (Å²) in [6.45, 7) is 0. The molecule has 0 aromatic carbocycles. The number of rotatable bonds is 3. The Balaban J connectivity index is 1.76. The summed E-state index contributed by atoms with van der Waals surface area (Å²) in [6, 6.07) is 7.10. The molecule has 0 unspecified atom stereocenters. The van der Waals surface area contributed by atoms with Crippen LogP contribution in [0.3, 0.4) is 0 Å². The van der Waals surface area contributed by atoms with E-state index in [1.165, 1.54) is 6.08 Å². The van der Waals surface area contributed by atoms with Gasteiger partial charge in [0.05, 0.1) is 6.20 Å². The van der Waals surface area contributed by atoms with Crippen LogP contribution in [0.4, 0.5) is 5.82 Å². The molecule has 0 atom stereocenters. The quantitative estimate of drug-likeness (QED) is 0.733. The van der Waals surface area contributed by atoms with E-state index in [1.807, 2.05) is 12.1 Å². The predicted octanol–water partition coefficient (Wildman–Crippen LogP) is 1.78. The van der Waals surface area contributed by atoms with Crippen LogP contribution in [0.15, 0.2) is 55.1 Å². The van der Waals surface area contributed by atoms with Gasteiger partial charge in [-0.2, -0.15) is 9.61 Å². The lowest BCUT2D eigenvalue weighted by atomic mass is 10.2. The number of nitrogens with one attached hydrogen (secondary N) is 1. The van der Waals surface area contributed by atoms with E-state index < -0.39 is 0 Å². The number of carbonyl (C=O) groups excluding carboxylic acids is 1. The third-order valence-corrected chi connectivity index (χ3v) is 2.67. The molecule has 1 amide bonds. The van der Waals surface area contributed by atoms with Crippen LogP contribution in [0.2, 0.25) is 0 Å². The second-order valence-electron chi connectivity index (χ2n) is 4.03. The molecular weight excluding hydrogens is 254 g/mol. The molecule has 0 radical (unpaired) electrons. The summed E-state index contributed by atoms with van der Waals surface area (Å²) in [4.78, 5) is 19.9. The molecule has 3 rings (SSSR count). The zero-order chi connectivity index (χ0) is 13.8. The summed E-state index contributed by atoms with van der Waals surface area (Å²) in [5.74, 6) is 0.342. The average Bonchev–Trinajstić information content (AvgIpc) is 2.96. The Morgan fingerprint density at radius 1 is 1.10 bits per heavy atom. The number of hydrogen-bond acceptors (Lipinski definition) is 4. The number of anilines is 1. The third-order valence-electron chi connectivity index (χ3n) is 2.67. The summed E-state index contributed by atoms with van der Waals surface area (Å²) < 4.78 is 1.57. The molecular formula is C14H11N5O. The van der Waals surface area contributed by atoms with Gasteiger partial charge in [-0.15, -0.1) is 0 Å². The van der Waals surface area contributed by atoms with Gasteiger partial charge < -0.3 is 5.32 Å². The minimum absolute atomic E-state index is 0.232. The van der Waals surface area contributed by atoms with Gasteiger partial charge in [-0.1, -0.05) is 0 Å². The second kappa shape index (κ2) is 5.31. The Morgan fingerprint density at radius 2 is 1.95 bits per heavy atom. The summed E-state index contributed by atoms with van der Waals surface area (Å²) in [7, 11) is 0. The highest BCUT2D eigenvalue weighted by atomic mass is 16.1. The summed E-state index contributed by atoms with van der Waals surface area (Å²) in [5, 5.41) is 6.86. The fourth-order valence-electron chi connectivity index (χ4n) is 1.74. The van der Waals surface area contributed by atoms with Crippen LogP contribution < -0.4 is 5.32 Å². The number of pyridine rings is 1. The van der Waals surface area contributed by atoms with E-state index in [-0.39, 0.29) is 5.91 Å². The molecule has 3 heterocycles. The van der Waals surface area contributed by atoms with Crippen molar-refractivity contribution in [1.82, 2.24) is 19.6 Å². The van der Waals surface area contributed by atoms with Crippen molar-refractivity contribution in [2.75, 3.05) is 5.32 Å². The highest BCUT2D eigenvalue weighted by Crippen LogP contribution is 2.08. The smallest absolute Gasteiger partial charge is 0.249 e. The van der Waals surface area contributed by atoms with Crippen LogP contribution in [-0.2, 0) is 4.79 Å². The van der Waals surface area contributed by atoms with Crippen LogP contribution in [0.25, 0.3) is 11.7 Å². The Morgan fingerprint density at radius 3 is 2.80 bits per heavy atom. The minimum Gasteiger partial charge on any atom is -0.307 e. The van der Waals surface area contributed by atoms with Crippen molar-refractivity contribution < 1.29 is 4.79 Å². The fourth-order valence-corrected chi connectivity index (χ4v) is 1.74. The van der Waals surface area contributed by atoms with Crippen LogP contribution >= 0.6 is 0 Å². The summed E-state index contributed by atoms with van der Waals surface area (Å²) in [5.41, 5.74) is 1.59. The molecule has 0 bridgehead atoms. The van der Waals surface area contributed by atoms with Crippen molar-refractivity contribution in [3.05, 3.63) is 60.7 Å². The molecule has 0 aliphatic rings. The first-order valence-electron chi connectivity index (χ1n) is 6.01. The van der Waals surface area contributed by atoms with E-state index in [2.05, 4.69) is 20.4 Å². The van der Waals surface area contributed by atoms with E-state index in [9.17, 15) is 4.79 Å². The largest absolute Gasteiger partial charge is 0.307 e. The molecule has 3 aromatic heterocycles. The first-order chi connectivity index (χ1) is 9.83. The first-order valence-corrected chi connectivity index (χ1v) is 6.01. The maximum absolute atomic E-state index is 11.9. The molecule has 0 spiro atoms. The van der Waals surface area contributed by atoms with E-state index in [1.54, 1.807) is 47.5 Å². The van der Waals surface area contributed by atoms with Gasteiger partial charge in [-0.05, 0) is 29.8 Å². The van der Waals surface area contributed by atoms with Gasteiger partial charge >= 0.3 is 0 Å². The standard InChI is InChI=1S/C14H11N5O/c20-14(2-1-11-3-7-15-8-4-11)18-13-5-9-16-12-6-10-17-19(12)13/h1-10H,(H,18,20)/b2-1-. The second-order valence-corrected chi connectivity index (χ2v) is 4.03. The van der Waals surface area contributed by atoms with Gasteiger partial charge in [-0.3, -0.25) is 9.78 Å². The number of nitrogens with zero attached hydrogens (tertiary/aromatic N) is 4. The van der Waals surface area contributed by atoms with E-state index in [0.717, 1.165) is 5.56 Å². The minimum atomic E-state index is -0.232. The van der Waals surface area contributed by atoms with Crippen molar-refractivity contribution >= 4 is 23.4 Å². The van der Waals surface area contributed by atoms with E-state index >= 15 is 0 Å². The van der Waals surface area contributed by atoms with Gasteiger partial charge in [0.15, 0.2) is 5.65 Å². The molecule has 6 heteroatoms. The molecule has 0 fully saturated rings. The molecule has 0 aliphatic heterocycles. The zero-order valence-corrected chi connectivity index (χ0v) is 10.5. The number of aromatic nitrogens is 4. The van der Waals surface area contributed by atoms with Crippen LogP contribution in [-0.4, -0.2) is 25.5 Å².